The highest BCUT2D eigenvalue weighted by Gasteiger charge is 2.57. The lowest BCUT2D eigenvalue weighted by Gasteiger charge is -2.48. The molecule has 0 saturated heterocycles. The van der Waals surface area contributed by atoms with E-state index in [-0.39, 0.29) is 29.6 Å². The van der Waals surface area contributed by atoms with Gasteiger partial charge in [0.05, 0.1) is 13.2 Å². The van der Waals surface area contributed by atoms with Crippen LogP contribution in [0.1, 0.15) is 18.4 Å². The van der Waals surface area contributed by atoms with E-state index in [9.17, 15) is 18.3 Å². The predicted octanol–water partition coefficient (Wildman–Crippen LogP) is 1.26. The molecule has 0 atom stereocenters. The van der Waals surface area contributed by atoms with E-state index in [1.54, 1.807) is 19.1 Å². The third-order valence-corrected chi connectivity index (χ3v) is 6.37. The number of aliphatic carboxylic acids is 1. The molecule has 0 aromatic heterocycles. The molecule has 1 fully saturated rings. The molecular weight excluding hydrogens is 322 g/mol. The number of methoxy groups -OCH3 is 2. The van der Waals surface area contributed by atoms with Gasteiger partial charge < -0.3 is 14.6 Å². The Morgan fingerprint density at radius 3 is 2.43 bits per heavy atom. The van der Waals surface area contributed by atoms with Gasteiger partial charge in [0, 0.05) is 27.0 Å². The highest BCUT2D eigenvalue weighted by Crippen LogP contribution is 2.42. The Morgan fingerprint density at radius 2 is 1.96 bits per heavy atom. The number of carbonyl (C=O) groups is 1. The average Bonchev–Trinajstić information content (AvgIpc) is 2.46. The van der Waals surface area contributed by atoms with Gasteiger partial charge in [-0.2, -0.15) is 4.31 Å². The molecule has 0 amide bonds. The van der Waals surface area contributed by atoms with Crippen LogP contribution in [-0.2, 0) is 19.6 Å². The lowest BCUT2D eigenvalue weighted by Crippen LogP contribution is -2.64. The van der Waals surface area contributed by atoms with Crippen LogP contribution in [0.5, 0.6) is 5.75 Å². The van der Waals surface area contributed by atoms with E-state index in [0.717, 1.165) is 9.87 Å². The number of aryl methyl sites for hydroxylation is 1. The summed E-state index contributed by atoms with van der Waals surface area (Å²) in [5, 5.41) is 9.57. The van der Waals surface area contributed by atoms with Gasteiger partial charge in [-0.15, -0.1) is 0 Å². The Balaban J connectivity index is 2.47. The molecule has 128 valence electrons. The third kappa shape index (κ3) is 2.82. The van der Waals surface area contributed by atoms with Gasteiger partial charge in [0.15, 0.2) is 0 Å². The maximum Gasteiger partial charge on any atom is 0.325 e. The zero-order chi connectivity index (χ0) is 17.4. The molecule has 0 unspecified atom stereocenters. The van der Waals surface area contributed by atoms with E-state index >= 15 is 0 Å². The van der Waals surface area contributed by atoms with Gasteiger partial charge in [0.1, 0.15) is 16.2 Å². The quantitative estimate of drug-likeness (QED) is 0.836. The summed E-state index contributed by atoms with van der Waals surface area (Å²) in [6.07, 6.45) is -0.0334. The minimum absolute atomic E-state index is 0.0380. The molecule has 7 nitrogen and oxygen atoms in total. The van der Waals surface area contributed by atoms with Gasteiger partial charge >= 0.3 is 5.97 Å². The molecule has 0 heterocycles. The number of rotatable bonds is 6. The number of hydrogen-bond acceptors (Lipinski definition) is 5. The van der Waals surface area contributed by atoms with Crippen LogP contribution in [0.4, 0.5) is 0 Å². The second-order valence-electron chi connectivity index (χ2n) is 5.73. The molecule has 0 aliphatic heterocycles. The number of ether oxygens (including phenoxy) is 2. The summed E-state index contributed by atoms with van der Waals surface area (Å²) in [6.45, 7) is 1.76. The second-order valence-corrected chi connectivity index (χ2v) is 7.67. The van der Waals surface area contributed by atoms with Gasteiger partial charge in [0.2, 0.25) is 10.0 Å². The second kappa shape index (κ2) is 6.10. The van der Waals surface area contributed by atoms with Gasteiger partial charge in [-0.05, 0) is 24.6 Å². The number of hydrogen-bond donors (Lipinski definition) is 1. The number of likely N-dealkylation sites (N-methyl/N-ethyl adjacent to an activating group) is 1. The Labute approximate surface area is 135 Å². The molecule has 0 spiro atoms. The minimum Gasteiger partial charge on any atom is -0.495 e. The van der Waals surface area contributed by atoms with Crippen molar-refractivity contribution in [2.45, 2.75) is 36.3 Å². The summed E-state index contributed by atoms with van der Waals surface area (Å²) in [4.78, 5) is 11.7. The summed E-state index contributed by atoms with van der Waals surface area (Å²) in [6, 6.07) is 4.77. The number of nitrogens with zero attached hydrogens (tertiary/aromatic N) is 1. The molecule has 23 heavy (non-hydrogen) atoms. The van der Waals surface area contributed by atoms with Gasteiger partial charge in [-0.25, -0.2) is 8.42 Å². The zero-order valence-electron chi connectivity index (χ0n) is 13.6. The molecule has 1 N–H and O–H groups in total. The van der Waals surface area contributed by atoms with Gasteiger partial charge in [-0.3, -0.25) is 4.79 Å². The molecule has 0 radical (unpaired) electrons. The number of carboxylic acids is 1. The number of sulfonamides is 1. The first-order valence-electron chi connectivity index (χ1n) is 7.09. The van der Waals surface area contributed by atoms with Gasteiger partial charge in [0.25, 0.3) is 0 Å². The highest BCUT2D eigenvalue weighted by molar-refractivity contribution is 7.89. The van der Waals surface area contributed by atoms with E-state index < -0.39 is 21.5 Å². The Hall–Kier alpha value is -1.64. The molecule has 8 heteroatoms. The van der Waals surface area contributed by atoms with Crippen molar-refractivity contribution in [1.82, 2.24) is 4.31 Å². The highest BCUT2D eigenvalue weighted by atomic mass is 32.2. The Bertz CT molecular complexity index is 709. The number of benzene rings is 1. The SMILES string of the molecule is COc1ccc(C)cc1S(=O)(=O)N(C)C1(C(=O)O)CC(OC)C1. The van der Waals surface area contributed by atoms with E-state index in [2.05, 4.69) is 0 Å². The first kappa shape index (κ1) is 17.7. The molecule has 1 aliphatic carbocycles. The molecular formula is C15H21NO6S. The maximum atomic E-state index is 12.9. The fourth-order valence-electron chi connectivity index (χ4n) is 2.79. The molecule has 2 rings (SSSR count). The van der Waals surface area contributed by atoms with Crippen LogP contribution in [0.2, 0.25) is 0 Å². The average molecular weight is 343 g/mol. The first-order valence-corrected chi connectivity index (χ1v) is 8.53. The first-order chi connectivity index (χ1) is 10.7. The minimum atomic E-state index is -4.03. The smallest absolute Gasteiger partial charge is 0.325 e. The van der Waals surface area contributed by atoms with Crippen LogP contribution in [-0.4, -0.2) is 56.7 Å². The molecule has 0 bridgehead atoms. The molecule has 1 aliphatic rings. The van der Waals surface area contributed by atoms with E-state index in [1.165, 1.54) is 27.3 Å². The fraction of sp³-hybridized carbons (Fsp3) is 0.533. The fourth-order valence-corrected chi connectivity index (χ4v) is 4.51. The number of carboxylic acid groups (broad SMARTS) is 1. The van der Waals surface area contributed by atoms with Crippen molar-refractivity contribution in [2.75, 3.05) is 21.3 Å². The van der Waals surface area contributed by atoms with Gasteiger partial charge in [-0.1, -0.05) is 6.07 Å². The van der Waals surface area contributed by atoms with E-state index in [4.69, 9.17) is 9.47 Å². The van der Waals surface area contributed by atoms with Crippen molar-refractivity contribution in [3.8, 4) is 5.75 Å². The van der Waals surface area contributed by atoms with Crippen LogP contribution < -0.4 is 4.74 Å². The molecule has 1 aromatic carbocycles. The molecule has 1 saturated carbocycles. The summed E-state index contributed by atoms with van der Waals surface area (Å²) in [5.74, 6) is -0.992. The molecule has 1 aromatic rings. The zero-order valence-corrected chi connectivity index (χ0v) is 14.4. The van der Waals surface area contributed by atoms with Crippen LogP contribution in [0, 0.1) is 6.92 Å². The summed E-state index contributed by atoms with van der Waals surface area (Å²) in [7, 11) is 0.118. The van der Waals surface area contributed by atoms with Crippen molar-refractivity contribution in [3.63, 3.8) is 0 Å². The van der Waals surface area contributed by atoms with Crippen molar-refractivity contribution in [3.05, 3.63) is 23.8 Å². The van der Waals surface area contributed by atoms with Crippen LogP contribution in [0.3, 0.4) is 0 Å². The standard InChI is InChI=1S/C15H21NO6S/c1-10-5-6-12(22-4)13(7-10)23(19,20)16(2)15(14(17)18)8-11(9-15)21-3/h5-7,11H,8-9H2,1-4H3,(H,17,18). The van der Waals surface area contributed by atoms with E-state index in [1.807, 2.05) is 0 Å². The van der Waals surface area contributed by atoms with E-state index in [0.29, 0.717) is 0 Å². The summed E-state index contributed by atoms with van der Waals surface area (Å²) < 4.78 is 37.1. The topological polar surface area (TPSA) is 93.1 Å². The summed E-state index contributed by atoms with van der Waals surface area (Å²) >= 11 is 0. The largest absolute Gasteiger partial charge is 0.495 e. The normalized spacial score (nSPS) is 24.3. The Kier molecular flexibility index (Phi) is 4.70. The Morgan fingerprint density at radius 1 is 1.35 bits per heavy atom. The van der Waals surface area contributed by atoms with Crippen molar-refractivity contribution < 1.29 is 27.8 Å². The monoisotopic (exact) mass is 343 g/mol. The predicted molar refractivity (Wildman–Crippen MR) is 83.1 cm³/mol. The third-order valence-electron chi connectivity index (χ3n) is 4.42. The van der Waals surface area contributed by atoms with Crippen molar-refractivity contribution in [1.29, 1.82) is 0 Å². The van der Waals surface area contributed by atoms with Crippen LogP contribution in [0.15, 0.2) is 23.1 Å². The van der Waals surface area contributed by atoms with Crippen LogP contribution in [0.25, 0.3) is 0 Å². The summed E-state index contributed by atoms with van der Waals surface area (Å²) in [5.41, 5.74) is -0.751. The van der Waals surface area contributed by atoms with Crippen molar-refractivity contribution in [2.24, 2.45) is 0 Å². The lowest BCUT2D eigenvalue weighted by atomic mass is 9.74. The van der Waals surface area contributed by atoms with Crippen molar-refractivity contribution >= 4 is 16.0 Å². The lowest BCUT2D eigenvalue weighted by molar-refractivity contribution is -0.162. The van der Waals surface area contributed by atoms with Crippen LogP contribution >= 0.6 is 0 Å². The maximum absolute atomic E-state index is 12.9.